The highest BCUT2D eigenvalue weighted by atomic mass is 16.5. The summed E-state index contributed by atoms with van der Waals surface area (Å²) in [5.41, 5.74) is 4.79. The first-order valence-corrected chi connectivity index (χ1v) is 4.73. The summed E-state index contributed by atoms with van der Waals surface area (Å²) in [6, 6.07) is 0.0218. The first kappa shape index (κ1) is 10.5. The van der Waals surface area contributed by atoms with Crippen molar-refractivity contribution < 1.29 is 9.53 Å². The van der Waals surface area contributed by atoms with Gasteiger partial charge < -0.3 is 15.8 Å². The van der Waals surface area contributed by atoms with E-state index in [4.69, 9.17) is 10.5 Å². The molecule has 4 heteroatoms. The van der Waals surface area contributed by atoms with Gasteiger partial charge in [0.05, 0.1) is 0 Å². The van der Waals surface area contributed by atoms with Gasteiger partial charge in [0.15, 0.2) is 0 Å². The maximum atomic E-state index is 11.6. The molecule has 1 heterocycles. The molecule has 1 amide bonds. The molecule has 0 radical (unpaired) electrons. The lowest BCUT2D eigenvalue weighted by atomic mass is 10.0. The molecule has 1 aliphatic rings. The molecule has 1 rings (SSSR count). The molecule has 0 saturated carbocycles. The molecule has 0 aromatic carbocycles. The van der Waals surface area contributed by atoms with E-state index in [2.05, 4.69) is 5.32 Å². The Bertz CT molecular complexity index is 188. The van der Waals surface area contributed by atoms with Crippen molar-refractivity contribution in [3.05, 3.63) is 0 Å². The molecule has 1 saturated heterocycles. The highest BCUT2D eigenvalue weighted by Crippen LogP contribution is 2.24. The molecular weight excluding hydrogens is 168 g/mol. The normalized spacial score (nSPS) is 30.1. The van der Waals surface area contributed by atoms with E-state index in [1.807, 2.05) is 13.8 Å². The third-order valence-electron chi connectivity index (χ3n) is 2.43. The summed E-state index contributed by atoms with van der Waals surface area (Å²) in [6.45, 7) is 4.86. The molecule has 1 fully saturated rings. The molecule has 3 N–H and O–H groups in total. The zero-order valence-electron chi connectivity index (χ0n) is 8.30. The largest absolute Gasteiger partial charge is 0.365 e. The van der Waals surface area contributed by atoms with Gasteiger partial charge in [0.1, 0.15) is 5.60 Å². The molecule has 1 aliphatic heterocycles. The summed E-state index contributed by atoms with van der Waals surface area (Å²) < 4.78 is 5.39. The molecule has 0 aliphatic carbocycles. The number of nitrogens with one attached hydrogen (secondary N) is 1. The molecule has 0 spiro atoms. The molecule has 2 atom stereocenters. The van der Waals surface area contributed by atoms with Crippen LogP contribution in [0.25, 0.3) is 0 Å². The van der Waals surface area contributed by atoms with Gasteiger partial charge in [-0.1, -0.05) is 0 Å². The maximum absolute atomic E-state index is 11.6. The Morgan fingerprint density at radius 2 is 2.46 bits per heavy atom. The molecule has 0 aromatic rings. The second-order valence-electron chi connectivity index (χ2n) is 3.79. The third-order valence-corrected chi connectivity index (χ3v) is 2.43. The molecule has 0 bridgehead atoms. The quantitative estimate of drug-likeness (QED) is 0.653. The van der Waals surface area contributed by atoms with Gasteiger partial charge in [-0.2, -0.15) is 0 Å². The predicted octanol–water partition coefficient (Wildman–Crippen LogP) is 0.0189. The van der Waals surface area contributed by atoms with E-state index in [-0.39, 0.29) is 11.9 Å². The summed E-state index contributed by atoms with van der Waals surface area (Å²) >= 11 is 0. The topological polar surface area (TPSA) is 64.3 Å². The minimum absolute atomic E-state index is 0.0218. The Labute approximate surface area is 78.8 Å². The van der Waals surface area contributed by atoms with Crippen LogP contribution in [0.1, 0.15) is 26.7 Å². The van der Waals surface area contributed by atoms with E-state index in [0.717, 1.165) is 12.8 Å². The zero-order chi connectivity index (χ0) is 9.90. The van der Waals surface area contributed by atoms with Crippen LogP contribution in [0.5, 0.6) is 0 Å². The lowest BCUT2D eigenvalue weighted by molar-refractivity contribution is -0.140. The van der Waals surface area contributed by atoms with Crippen LogP contribution in [-0.2, 0) is 9.53 Å². The number of ether oxygens (including phenoxy) is 1. The minimum Gasteiger partial charge on any atom is -0.365 e. The number of carbonyl (C=O) groups excluding carboxylic acids is 1. The van der Waals surface area contributed by atoms with Gasteiger partial charge in [-0.3, -0.25) is 4.79 Å². The van der Waals surface area contributed by atoms with E-state index < -0.39 is 5.60 Å². The number of carbonyl (C=O) groups is 1. The maximum Gasteiger partial charge on any atom is 0.252 e. The average Bonchev–Trinajstić information content (AvgIpc) is 2.53. The monoisotopic (exact) mass is 186 g/mol. The van der Waals surface area contributed by atoms with Gasteiger partial charge in [0.2, 0.25) is 0 Å². The van der Waals surface area contributed by atoms with Crippen molar-refractivity contribution in [2.24, 2.45) is 5.73 Å². The zero-order valence-corrected chi connectivity index (χ0v) is 8.30. The minimum atomic E-state index is -0.622. The van der Waals surface area contributed by atoms with E-state index >= 15 is 0 Å². The van der Waals surface area contributed by atoms with Gasteiger partial charge in [-0.05, 0) is 26.7 Å². The second-order valence-corrected chi connectivity index (χ2v) is 3.79. The van der Waals surface area contributed by atoms with Crippen LogP contribution < -0.4 is 11.1 Å². The average molecular weight is 186 g/mol. The number of hydrogen-bond donors (Lipinski definition) is 2. The fourth-order valence-electron chi connectivity index (χ4n) is 1.39. The van der Waals surface area contributed by atoms with Crippen molar-refractivity contribution in [1.29, 1.82) is 0 Å². The van der Waals surface area contributed by atoms with Crippen molar-refractivity contribution in [3.63, 3.8) is 0 Å². The Balaban J connectivity index is 2.46. The summed E-state index contributed by atoms with van der Waals surface area (Å²) in [6.07, 6.45) is 1.76. The van der Waals surface area contributed by atoms with Crippen molar-refractivity contribution in [1.82, 2.24) is 5.32 Å². The van der Waals surface area contributed by atoms with Crippen molar-refractivity contribution in [3.8, 4) is 0 Å². The third kappa shape index (κ3) is 2.42. The summed E-state index contributed by atoms with van der Waals surface area (Å²) in [5, 5.41) is 2.82. The van der Waals surface area contributed by atoms with E-state index in [1.165, 1.54) is 0 Å². The van der Waals surface area contributed by atoms with Crippen LogP contribution in [0.2, 0.25) is 0 Å². The number of nitrogens with two attached hydrogens (primary N) is 1. The van der Waals surface area contributed by atoms with E-state index in [9.17, 15) is 4.79 Å². The van der Waals surface area contributed by atoms with Crippen molar-refractivity contribution in [2.45, 2.75) is 38.3 Å². The molecule has 4 nitrogen and oxygen atoms in total. The Kier molecular flexibility index (Phi) is 3.27. The van der Waals surface area contributed by atoms with Crippen LogP contribution in [0.15, 0.2) is 0 Å². The van der Waals surface area contributed by atoms with Gasteiger partial charge in [0.25, 0.3) is 5.91 Å². The first-order valence-electron chi connectivity index (χ1n) is 4.73. The number of rotatable bonds is 3. The Morgan fingerprint density at radius 3 is 2.92 bits per heavy atom. The molecule has 13 heavy (non-hydrogen) atoms. The highest BCUT2D eigenvalue weighted by molar-refractivity contribution is 5.85. The van der Waals surface area contributed by atoms with Gasteiger partial charge >= 0.3 is 0 Å². The smallest absolute Gasteiger partial charge is 0.252 e. The summed E-state index contributed by atoms with van der Waals surface area (Å²) in [4.78, 5) is 11.6. The van der Waals surface area contributed by atoms with Crippen LogP contribution in [0.3, 0.4) is 0 Å². The predicted molar refractivity (Wildman–Crippen MR) is 50.3 cm³/mol. The standard InChI is InChI=1S/C9H18N2O2/c1-7(6-10)11-8(12)9(2)4-3-5-13-9/h7H,3-6,10H2,1-2H3,(H,11,12)/t7-,9?/m1/s1. The van der Waals surface area contributed by atoms with Gasteiger partial charge in [-0.25, -0.2) is 0 Å². The van der Waals surface area contributed by atoms with Crippen molar-refractivity contribution >= 4 is 5.91 Å². The van der Waals surface area contributed by atoms with Gasteiger partial charge in [-0.15, -0.1) is 0 Å². The molecular formula is C9H18N2O2. The fourth-order valence-corrected chi connectivity index (χ4v) is 1.39. The fraction of sp³-hybridized carbons (Fsp3) is 0.889. The van der Waals surface area contributed by atoms with Crippen molar-refractivity contribution in [2.75, 3.05) is 13.2 Å². The SMILES string of the molecule is C[C@H](CN)NC(=O)C1(C)CCCO1. The van der Waals surface area contributed by atoms with Crippen LogP contribution in [-0.4, -0.2) is 30.7 Å². The lowest BCUT2D eigenvalue weighted by Gasteiger charge is -2.24. The van der Waals surface area contributed by atoms with Gasteiger partial charge in [0, 0.05) is 19.2 Å². The number of hydrogen-bond acceptors (Lipinski definition) is 3. The Hall–Kier alpha value is -0.610. The van der Waals surface area contributed by atoms with Crippen LogP contribution >= 0.6 is 0 Å². The highest BCUT2D eigenvalue weighted by Gasteiger charge is 2.37. The number of amides is 1. The molecule has 76 valence electrons. The molecule has 1 unspecified atom stereocenters. The van der Waals surface area contributed by atoms with Crippen LogP contribution in [0, 0.1) is 0 Å². The first-order chi connectivity index (χ1) is 6.08. The lowest BCUT2D eigenvalue weighted by Crippen LogP contribution is -2.49. The summed E-state index contributed by atoms with van der Waals surface area (Å²) in [5.74, 6) is -0.0389. The van der Waals surface area contributed by atoms with E-state index in [1.54, 1.807) is 0 Å². The molecule has 0 aromatic heterocycles. The summed E-state index contributed by atoms with van der Waals surface area (Å²) in [7, 11) is 0. The second kappa shape index (κ2) is 4.07. The van der Waals surface area contributed by atoms with E-state index in [0.29, 0.717) is 13.2 Å². The van der Waals surface area contributed by atoms with Crippen LogP contribution in [0.4, 0.5) is 0 Å². The Morgan fingerprint density at radius 1 is 1.77 bits per heavy atom.